The summed E-state index contributed by atoms with van der Waals surface area (Å²) in [5.41, 5.74) is 0.680. The van der Waals surface area contributed by atoms with Crippen LogP contribution in [-0.4, -0.2) is 31.2 Å². The molecule has 0 aliphatic heterocycles. The minimum Gasteiger partial charge on any atom is -0.493 e. The first-order valence-electron chi connectivity index (χ1n) is 8.31. The number of halogens is 4. The van der Waals surface area contributed by atoms with Crippen molar-refractivity contribution in [1.29, 1.82) is 0 Å². The van der Waals surface area contributed by atoms with Gasteiger partial charge in [0.1, 0.15) is 5.75 Å². The first kappa shape index (κ1) is 21.4. The SMILES string of the molecule is COc1ccc(C(=O)Nc2nc(-c3ccccc3OC(F)F)cs2)cc1OC(F)F. The van der Waals surface area contributed by atoms with Gasteiger partial charge in [0.15, 0.2) is 16.6 Å². The Balaban J connectivity index is 1.79. The molecule has 1 N–H and O–H groups in total. The first-order valence-corrected chi connectivity index (χ1v) is 9.19. The number of rotatable bonds is 8. The molecule has 0 saturated heterocycles. The molecular weight excluding hydrogens is 428 g/mol. The number of para-hydroxylation sites is 1. The van der Waals surface area contributed by atoms with Crippen LogP contribution in [0.2, 0.25) is 0 Å². The lowest BCUT2D eigenvalue weighted by Crippen LogP contribution is -2.12. The van der Waals surface area contributed by atoms with E-state index in [0.29, 0.717) is 11.3 Å². The van der Waals surface area contributed by atoms with Gasteiger partial charge in [-0.05, 0) is 30.3 Å². The monoisotopic (exact) mass is 442 g/mol. The highest BCUT2D eigenvalue weighted by atomic mass is 32.1. The maximum Gasteiger partial charge on any atom is 0.387 e. The molecule has 1 amide bonds. The number of methoxy groups -OCH3 is 1. The Morgan fingerprint density at radius 1 is 1.00 bits per heavy atom. The average Bonchev–Trinajstić information content (AvgIpc) is 3.15. The van der Waals surface area contributed by atoms with Crippen molar-refractivity contribution in [2.45, 2.75) is 13.2 Å². The van der Waals surface area contributed by atoms with E-state index in [1.165, 1.54) is 25.3 Å². The quantitative estimate of drug-likeness (QED) is 0.481. The van der Waals surface area contributed by atoms with E-state index < -0.39 is 19.1 Å². The zero-order valence-corrected chi connectivity index (χ0v) is 16.1. The highest BCUT2D eigenvalue weighted by Gasteiger charge is 2.17. The number of thiazole rings is 1. The molecule has 0 unspecified atom stereocenters. The summed E-state index contributed by atoms with van der Waals surface area (Å²) in [5, 5.41) is 4.26. The summed E-state index contributed by atoms with van der Waals surface area (Å²) < 4.78 is 64.0. The third kappa shape index (κ3) is 5.17. The van der Waals surface area contributed by atoms with Crippen LogP contribution >= 0.6 is 11.3 Å². The molecule has 1 aromatic heterocycles. The van der Waals surface area contributed by atoms with Crippen molar-refractivity contribution in [2.75, 3.05) is 12.4 Å². The van der Waals surface area contributed by atoms with Crippen molar-refractivity contribution in [3.63, 3.8) is 0 Å². The molecule has 1 heterocycles. The van der Waals surface area contributed by atoms with E-state index in [9.17, 15) is 22.4 Å². The summed E-state index contributed by atoms with van der Waals surface area (Å²) in [6, 6.07) is 9.90. The van der Waals surface area contributed by atoms with Gasteiger partial charge in [0, 0.05) is 16.5 Å². The van der Waals surface area contributed by atoms with Crippen molar-refractivity contribution >= 4 is 22.4 Å². The summed E-state index contributed by atoms with van der Waals surface area (Å²) in [6.45, 7) is -6.09. The highest BCUT2D eigenvalue weighted by Crippen LogP contribution is 2.34. The van der Waals surface area contributed by atoms with Gasteiger partial charge in [0.05, 0.1) is 12.8 Å². The predicted octanol–water partition coefficient (Wildman–Crippen LogP) is 5.27. The van der Waals surface area contributed by atoms with Crippen LogP contribution in [0.5, 0.6) is 17.2 Å². The standard InChI is InChI=1S/C19H14F4N2O4S/c1-27-14-7-6-10(8-15(14)29-18(22)23)16(26)25-19-24-12(9-30-19)11-4-2-3-5-13(11)28-17(20)21/h2-9,17-18H,1H3,(H,24,25,26). The second kappa shape index (κ2) is 9.44. The molecule has 0 radical (unpaired) electrons. The van der Waals surface area contributed by atoms with Gasteiger partial charge in [0.25, 0.3) is 5.91 Å². The number of nitrogens with zero attached hydrogens (tertiary/aromatic N) is 1. The number of amides is 1. The molecule has 0 spiro atoms. The van der Waals surface area contributed by atoms with Crippen molar-refractivity contribution < 1.29 is 36.6 Å². The number of hydrogen-bond donors (Lipinski definition) is 1. The van der Waals surface area contributed by atoms with Crippen LogP contribution in [0, 0.1) is 0 Å². The van der Waals surface area contributed by atoms with Crippen LogP contribution in [-0.2, 0) is 0 Å². The maximum atomic E-state index is 12.6. The number of aromatic nitrogens is 1. The van der Waals surface area contributed by atoms with Crippen LogP contribution in [0.4, 0.5) is 22.7 Å². The number of carbonyl (C=O) groups is 1. The number of carbonyl (C=O) groups excluding carboxylic acids is 1. The van der Waals surface area contributed by atoms with Crippen LogP contribution in [0.1, 0.15) is 10.4 Å². The summed E-state index contributed by atoms with van der Waals surface area (Å²) in [5.74, 6) is -0.938. The molecule has 0 aliphatic carbocycles. The second-order valence-electron chi connectivity index (χ2n) is 5.61. The van der Waals surface area contributed by atoms with E-state index in [4.69, 9.17) is 4.74 Å². The first-order chi connectivity index (χ1) is 14.4. The van der Waals surface area contributed by atoms with Gasteiger partial charge in [-0.1, -0.05) is 12.1 Å². The van der Waals surface area contributed by atoms with Crippen molar-refractivity contribution in [2.24, 2.45) is 0 Å². The zero-order chi connectivity index (χ0) is 21.7. The molecule has 0 fully saturated rings. The number of ether oxygens (including phenoxy) is 3. The Morgan fingerprint density at radius 2 is 1.70 bits per heavy atom. The molecule has 6 nitrogen and oxygen atoms in total. The molecular formula is C19H14F4N2O4S. The van der Waals surface area contributed by atoms with Gasteiger partial charge in [0.2, 0.25) is 0 Å². The molecule has 0 aliphatic rings. The van der Waals surface area contributed by atoms with Gasteiger partial charge < -0.3 is 14.2 Å². The molecule has 11 heteroatoms. The van der Waals surface area contributed by atoms with Gasteiger partial charge in [-0.3, -0.25) is 10.1 Å². The summed E-state index contributed by atoms with van der Waals surface area (Å²) in [4.78, 5) is 16.7. The van der Waals surface area contributed by atoms with Gasteiger partial charge in [-0.2, -0.15) is 17.6 Å². The molecule has 2 aromatic carbocycles. The third-order valence-corrected chi connectivity index (χ3v) is 4.50. The van der Waals surface area contributed by atoms with E-state index >= 15 is 0 Å². The Morgan fingerprint density at radius 3 is 2.40 bits per heavy atom. The average molecular weight is 442 g/mol. The van der Waals surface area contributed by atoms with Crippen LogP contribution < -0.4 is 19.5 Å². The third-order valence-electron chi connectivity index (χ3n) is 3.75. The Labute approximate surface area is 172 Å². The minimum atomic E-state index is -3.09. The molecule has 158 valence electrons. The molecule has 0 atom stereocenters. The Kier molecular flexibility index (Phi) is 6.72. The van der Waals surface area contributed by atoms with E-state index in [1.54, 1.807) is 23.6 Å². The number of benzene rings is 2. The van der Waals surface area contributed by atoms with Crippen LogP contribution in [0.3, 0.4) is 0 Å². The predicted molar refractivity (Wildman–Crippen MR) is 102 cm³/mol. The van der Waals surface area contributed by atoms with Crippen molar-refractivity contribution in [1.82, 2.24) is 4.98 Å². The normalized spacial score (nSPS) is 10.9. The van der Waals surface area contributed by atoms with E-state index in [0.717, 1.165) is 17.4 Å². The van der Waals surface area contributed by atoms with Crippen LogP contribution in [0.15, 0.2) is 47.8 Å². The second-order valence-corrected chi connectivity index (χ2v) is 6.47. The van der Waals surface area contributed by atoms with Crippen LogP contribution in [0.25, 0.3) is 11.3 Å². The summed E-state index contributed by atoms with van der Waals surface area (Å²) in [7, 11) is 1.28. The fourth-order valence-electron chi connectivity index (χ4n) is 2.51. The highest BCUT2D eigenvalue weighted by molar-refractivity contribution is 7.14. The Hall–Kier alpha value is -3.34. The number of nitrogens with one attached hydrogen (secondary N) is 1. The Bertz CT molecular complexity index is 1030. The van der Waals surface area contributed by atoms with Crippen molar-refractivity contribution in [3.8, 4) is 28.5 Å². The minimum absolute atomic E-state index is 0.0321. The molecule has 3 rings (SSSR count). The van der Waals surface area contributed by atoms with Gasteiger partial charge in [-0.25, -0.2) is 4.98 Å². The largest absolute Gasteiger partial charge is 0.493 e. The lowest BCUT2D eigenvalue weighted by atomic mass is 10.1. The maximum absolute atomic E-state index is 12.6. The van der Waals surface area contributed by atoms with E-state index in [2.05, 4.69) is 19.8 Å². The number of alkyl halides is 4. The smallest absolute Gasteiger partial charge is 0.387 e. The fourth-order valence-corrected chi connectivity index (χ4v) is 3.21. The van der Waals surface area contributed by atoms with Gasteiger partial charge in [-0.15, -0.1) is 11.3 Å². The number of anilines is 1. The summed E-state index contributed by atoms with van der Waals surface area (Å²) >= 11 is 1.06. The topological polar surface area (TPSA) is 69.7 Å². The summed E-state index contributed by atoms with van der Waals surface area (Å²) in [6.07, 6.45) is 0. The number of hydrogen-bond acceptors (Lipinski definition) is 6. The van der Waals surface area contributed by atoms with E-state index in [1.807, 2.05) is 0 Å². The zero-order valence-electron chi connectivity index (χ0n) is 15.3. The molecule has 3 aromatic rings. The van der Waals surface area contributed by atoms with Crippen molar-refractivity contribution in [3.05, 3.63) is 53.4 Å². The fraction of sp³-hybridized carbons (Fsp3) is 0.158. The molecule has 30 heavy (non-hydrogen) atoms. The lowest BCUT2D eigenvalue weighted by Gasteiger charge is -2.11. The lowest BCUT2D eigenvalue weighted by molar-refractivity contribution is -0.0514. The van der Waals surface area contributed by atoms with Gasteiger partial charge >= 0.3 is 13.2 Å². The molecule has 0 saturated carbocycles. The van der Waals surface area contributed by atoms with E-state index in [-0.39, 0.29) is 27.9 Å². The molecule has 0 bridgehead atoms.